The van der Waals surface area contributed by atoms with Gasteiger partial charge in [0.15, 0.2) is 0 Å². The predicted octanol–water partition coefficient (Wildman–Crippen LogP) is 3.14. The summed E-state index contributed by atoms with van der Waals surface area (Å²) >= 11 is 3.39. The van der Waals surface area contributed by atoms with Gasteiger partial charge in [0.2, 0.25) is 11.8 Å². The summed E-state index contributed by atoms with van der Waals surface area (Å²) in [5.74, 6) is 0.282. The maximum atomic E-state index is 12.9. The highest BCUT2D eigenvalue weighted by molar-refractivity contribution is 9.10. The topological polar surface area (TPSA) is 61.9 Å². The van der Waals surface area contributed by atoms with Crippen molar-refractivity contribution in [3.63, 3.8) is 0 Å². The summed E-state index contributed by atoms with van der Waals surface area (Å²) in [4.78, 5) is 28.3. The van der Waals surface area contributed by atoms with Gasteiger partial charge in [-0.3, -0.25) is 14.5 Å². The van der Waals surface area contributed by atoms with Gasteiger partial charge >= 0.3 is 0 Å². The summed E-state index contributed by atoms with van der Waals surface area (Å²) in [6, 6.07) is 13.2. The van der Waals surface area contributed by atoms with Crippen LogP contribution in [0.3, 0.4) is 0 Å². The van der Waals surface area contributed by atoms with Gasteiger partial charge < -0.3 is 15.0 Å². The van der Waals surface area contributed by atoms with Crippen LogP contribution in [0.5, 0.6) is 5.75 Å². The van der Waals surface area contributed by atoms with Crippen LogP contribution in [0.1, 0.15) is 6.42 Å². The monoisotopic (exact) mass is 463 g/mol. The van der Waals surface area contributed by atoms with Crippen molar-refractivity contribution < 1.29 is 18.7 Å². The van der Waals surface area contributed by atoms with Crippen molar-refractivity contribution in [2.75, 3.05) is 44.6 Å². The normalized spacial score (nSPS) is 14.5. The van der Waals surface area contributed by atoms with Gasteiger partial charge in [0, 0.05) is 36.3 Å². The lowest BCUT2D eigenvalue weighted by atomic mass is 10.2. The maximum Gasteiger partial charge on any atom is 0.238 e. The molecule has 8 heteroatoms. The average molecular weight is 464 g/mol. The molecule has 3 rings (SSSR count). The molecule has 1 heterocycles. The molecule has 2 amide bonds. The lowest BCUT2D eigenvalue weighted by molar-refractivity contribution is -0.133. The molecule has 0 atom stereocenters. The Labute approximate surface area is 177 Å². The smallest absolute Gasteiger partial charge is 0.238 e. The molecule has 6 nitrogen and oxygen atoms in total. The van der Waals surface area contributed by atoms with Crippen molar-refractivity contribution in [3.05, 3.63) is 58.8 Å². The van der Waals surface area contributed by atoms with Crippen molar-refractivity contribution in [1.82, 2.24) is 9.80 Å². The van der Waals surface area contributed by atoms with E-state index in [1.54, 1.807) is 4.90 Å². The highest BCUT2D eigenvalue weighted by Gasteiger charge is 2.22. The lowest BCUT2D eigenvalue weighted by Crippen LogP contribution is -2.50. The number of hydrogen-bond acceptors (Lipinski definition) is 4. The van der Waals surface area contributed by atoms with Crippen LogP contribution < -0.4 is 10.1 Å². The lowest BCUT2D eigenvalue weighted by Gasteiger charge is -2.34. The Kier molecular flexibility index (Phi) is 7.60. The number of nitrogens with zero attached hydrogens (tertiary/aromatic N) is 2. The van der Waals surface area contributed by atoms with Crippen LogP contribution in [0.4, 0.5) is 10.1 Å². The molecule has 154 valence electrons. The zero-order valence-electron chi connectivity index (χ0n) is 15.9. The molecule has 29 heavy (non-hydrogen) atoms. The molecule has 0 aromatic heterocycles. The summed E-state index contributed by atoms with van der Waals surface area (Å²) < 4.78 is 19.5. The van der Waals surface area contributed by atoms with Crippen molar-refractivity contribution in [3.8, 4) is 5.75 Å². The molecule has 0 aliphatic carbocycles. The second-order valence-corrected chi connectivity index (χ2v) is 7.68. The molecule has 0 bridgehead atoms. The van der Waals surface area contributed by atoms with E-state index in [-0.39, 0.29) is 24.2 Å². The third-order valence-corrected chi connectivity index (χ3v) is 5.09. The summed E-state index contributed by atoms with van der Waals surface area (Å²) in [6.07, 6.45) is 0.317. The van der Waals surface area contributed by atoms with E-state index in [1.807, 2.05) is 29.2 Å². The highest BCUT2D eigenvalue weighted by atomic mass is 79.9. The van der Waals surface area contributed by atoms with Crippen molar-refractivity contribution in [2.24, 2.45) is 0 Å². The average Bonchev–Trinajstić information content (AvgIpc) is 2.70. The third-order valence-electron chi connectivity index (χ3n) is 4.60. The minimum atomic E-state index is -0.342. The Morgan fingerprint density at radius 2 is 1.79 bits per heavy atom. The summed E-state index contributed by atoms with van der Waals surface area (Å²) in [5, 5.41) is 2.75. The van der Waals surface area contributed by atoms with E-state index in [1.165, 1.54) is 24.3 Å². The number of rotatable bonds is 7. The number of nitrogens with one attached hydrogen (secondary N) is 1. The van der Waals surface area contributed by atoms with Crippen LogP contribution in [0.2, 0.25) is 0 Å². The minimum Gasteiger partial charge on any atom is -0.493 e. The molecular formula is C21H23BrFN3O3. The second-order valence-electron chi connectivity index (χ2n) is 6.77. The fourth-order valence-electron chi connectivity index (χ4n) is 3.06. The molecular weight excluding hydrogens is 441 g/mol. The molecule has 2 aromatic carbocycles. The van der Waals surface area contributed by atoms with Crippen LogP contribution in [0.15, 0.2) is 53.0 Å². The fraction of sp³-hybridized carbons (Fsp3) is 0.333. The van der Waals surface area contributed by atoms with E-state index in [0.29, 0.717) is 44.9 Å². The van der Waals surface area contributed by atoms with Gasteiger partial charge in [0.1, 0.15) is 11.6 Å². The molecule has 2 aromatic rings. The summed E-state index contributed by atoms with van der Waals surface area (Å²) in [7, 11) is 0. The zero-order valence-corrected chi connectivity index (χ0v) is 17.5. The molecule has 1 aliphatic heterocycles. The number of carbonyl (C=O) groups is 2. The van der Waals surface area contributed by atoms with E-state index in [2.05, 4.69) is 21.2 Å². The van der Waals surface area contributed by atoms with Gasteiger partial charge in [-0.2, -0.15) is 0 Å². The predicted molar refractivity (Wildman–Crippen MR) is 112 cm³/mol. The van der Waals surface area contributed by atoms with Gasteiger partial charge in [-0.25, -0.2) is 4.39 Å². The summed E-state index contributed by atoms with van der Waals surface area (Å²) in [6.45, 7) is 3.00. The van der Waals surface area contributed by atoms with Crippen molar-refractivity contribution in [2.45, 2.75) is 6.42 Å². The highest BCUT2D eigenvalue weighted by Crippen LogP contribution is 2.18. The quantitative estimate of drug-likeness (QED) is 0.684. The Hall–Kier alpha value is -2.45. The van der Waals surface area contributed by atoms with Crippen molar-refractivity contribution >= 4 is 33.4 Å². The third kappa shape index (κ3) is 6.83. The van der Waals surface area contributed by atoms with E-state index in [0.717, 1.165) is 10.2 Å². The van der Waals surface area contributed by atoms with E-state index >= 15 is 0 Å². The molecule has 1 fully saturated rings. The molecule has 1 saturated heterocycles. The van der Waals surface area contributed by atoms with Gasteiger partial charge in [-0.15, -0.1) is 0 Å². The molecule has 0 radical (unpaired) electrons. The standard InChI is InChI=1S/C21H23BrFN3O3/c22-16-2-1-3-19(14-16)29-13-8-21(28)26-11-9-25(10-12-26)15-20(27)24-18-6-4-17(23)5-7-18/h1-7,14H,8-13,15H2,(H,24,27). The van der Waals surface area contributed by atoms with Crippen LogP contribution in [0.25, 0.3) is 0 Å². The number of carbonyl (C=O) groups excluding carboxylic acids is 2. The van der Waals surface area contributed by atoms with Crippen LogP contribution in [-0.4, -0.2) is 60.9 Å². The summed E-state index contributed by atoms with van der Waals surface area (Å²) in [5.41, 5.74) is 0.565. The number of anilines is 1. The first-order chi connectivity index (χ1) is 14.0. The van der Waals surface area contributed by atoms with E-state index in [4.69, 9.17) is 4.74 Å². The SMILES string of the molecule is O=C(CN1CCN(C(=O)CCOc2cccc(Br)c2)CC1)Nc1ccc(F)cc1. The number of piperazine rings is 1. The molecule has 0 saturated carbocycles. The van der Waals surface area contributed by atoms with Gasteiger partial charge in [0.05, 0.1) is 19.6 Å². The van der Waals surface area contributed by atoms with Gasteiger partial charge in [0.25, 0.3) is 0 Å². The Balaban J connectivity index is 1.35. The Morgan fingerprint density at radius 3 is 2.48 bits per heavy atom. The number of benzene rings is 2. The molecule has 0 unspecified atom stereocenters. The van der Waals surface area contributed by atoms with Crippen LogP contribution in [-0.2, 0) is 9.59 Å². The van der Waals surface area contributed by atoms with E-state index < -0.39 is 0 Å². The second kappa shape index (κ2) is 10.4. The zero-order chi connectivity index (χ0) is 20.6. The first-order valence-corrected chi connectivity index (χ1v) is 10.2. The van der Waals surface area contributed by atoms with Gasteiger partial charge in [-0.05, 0) is 42.5 Å². The Bertz CT molecular complexity index is 839. The first-order valence-electron chi connectivity index (χ1n) is 9.43. The molecule has 0 spiro atoms. The number of ether oxygens (including phenoxy) is 1. The number of halogens is 2. The largest absolute Gasteiger partial charge is 0.493 e. The van der Waals surface area contributed by atoms with Crippen molar-refractivity contribution in [1.29, 1.82) is 0 Å². The number of hydrogen-bond donors (Lipinski definition) is 1. The van der Waals surface area contributed by atoms with E-state index in [9.17, 15) is 14.0 Å². The van der Waals surface area contributed by atoms with Crippen LogP contribution in [0, 0.1) is 5.82 Å². The fourth-order valence-corrected chi connectivity index (χ4v) is 3.44. The molecule has 1 aliphatic rings. The Morgan fingerprint density at radius 1 is 1.07 bits per heavy atom. The first kappa shape index (κ1) is 21.3. The number of amides is 2. The minimum absolute atomic E-state index is 0.0513. The van der Waals surface area contributed by atoms with Crippen LogP contribution >= 0.6 is 15.9 Å². The van der Waals surface area contributed by atoms with Gasteiger partial charge in [-0.1, -0.05) is 22.0 Å². The molecule has 1 N–H and O–H groups in total. The maximum absolute atomic E-state index is 12.9.